The Morgan fingerprint density at radius 3 is 2.11 bits per heavy atom. The summed E-state index contributed by atoms with van der Waals surface area (Å²) in [6.07, 6.45) is 1.15. The molecule has 9 nitrogen and oxygen atoms in total. The normalized spacial score (nSPS) is 15.2. The number of urea groups is 1. The number of hydrogen-bond donors (Lipinski definition) is 2. The third kappa shape index (κ3) is 5.06. The summed E-state index contributed by atoms with van der Waals surface area (Å²) in [5.41, 5.74) is 0.739. The zero-order valence-electron chi connectivity index (χ0n) is 18.4. The van der Waals surface area contributed by atoms with E-state index in [0.717, 1.165) is 16.5 Å². The van der Waals surface area contributed by atoms with Crippen LogP contribution in [-0.4, -0.2) is 31.4 Å². The van der Waals surface area contributed by atoms with E-state index < -0.39 is 33.5 Å². The Balaban J connectivity index is 1.66. The van der Waals surface area contributed by atoms with Crippen LogP contribution in [0.15, 0.2) is 71.1 Å². The molecular formula is C24H16Cl2N2O7S. The van der Waals surface area contributed by atoms with Gasteiger partial charge < -0.3 is 9.29 Å². The number of amides is 4. The van der Waals surface area contributed by atoms with Gasteiger partial charge in [0.2, 0.25) is 0 Å². The maximum Gasteiger partial charge on any atom is 0.339 e. The Kier molecular flexibility index (Phi) is 6.77. The molecule has 0 bridgehead atoms. The second-order valence-corrected chi connectivity index (χ2v) is 10.00. The van der Waals surface area contributed by atoms with Gasteiger partial charge in [0.1, 0.15) is 16.2 Å². The Hall–Kier alpha value is -3.86. The molecule has 184 valence electrons. The molecule has 1 fully saturated rings. The average molecular weight is 547 g/mol. The molecule has 0 atom stereocenters. The van der Waals surface area contributed by atoms with Gasteiger partial charge in [0.05, 0.1) is 15.7 Å². The molecule has 36 heavy (non-hydrogen) atoms. The Bertz CT molecular complexity index is 1510. The minimum atomic E-state index is -4.24. The number of aromatic hydroxyl groups is 1. The number of phenolic OH excluding ortho intramolecular Hbond substituents is 1. The fourth-order valence-electron chi connectivity index (χ4n) is 3.27. The van der Waals surface area contributed by atoms with Gasteiger partial charge in [-0.2, -0.15) is 8.42 Å². The molecule has 3 aromatic rings. The van der Waals surface area contributed by atoms with Gasteiger partial charge >= 0.3 is 16.1 Å². The number of imide groups is 2. The quantitative estimate of drug-likeness (QED) is 0.274. The Morgan fingerprint density at radius 2 is 1.53 bits per heavy atom. The van der Waals surface area contributed by atoms with Crippen molar-refractivity contribution >= 4 is 62.9 Å². The maximum absolute atomic E-state index is 13.0. The van der Waals surface area contributed by atoms with Gasteiger partial charge in [-0.05, 0) is 67.1 Å². The summed E-state index contributed by atoms with van der Waals surface area (Å²) in [6, 6.07) is 12.7. The van der Waals surface area contributed by atoms with E-state index in [1.54, 1.807) is 19.1 Å². The highest BCUT2D eigenvalue weighted by Crippen LogP contribution is 2.37. The molecule has 0 radical (unpaired) electrons. The van der Waals surface area contributed by atoms with Crippen molar-refractivity contribution < 1.29 is 32.1 Å². The van der Waals surface area contributed by atoms with Gasteiger partial charge in [-0.3, -0.25) is 14.9 Å². The number of nitrogens with one attached hydrogen (secondary N) is 1. The number of barbiturate groups is 1. The van der Waals surface area contributed by atoms with E-state index in [-0.39, 0.29) is 37.7 Å². The van der Waals surface area contributed by atoms with Crippen LogP contribution in [0, 0.1) is 6.92 Å². The van der Waals surface area contributed by atoms with Gasteiger partial charge in [-0.25, -0.2) is 9.69 Å². The van der Waals surface area contributed by atoms with Crippen LogP contribution in [0.2, 0.25) is 10.0 Å². The number of phenols is 1. The molecule has 4 amide bonds. The van der Waals surface area contributed by atoms with Crippen LogP contribution in [-0.2, 0) is 19.7 Å². The summed E-state index contributed by atoms with van der Waals surface area (Å²) >= 11 is 12.5. The van der Waals surface area contributed by atoms with Gasteiger partial charge in [0, 0.05) is 0 Å². The molecule has 12 heteroatoms. The first kappa shape index (κ1) is 25.2. The number of anilines is 1. The van der Waals surface area contributed by atoms with E-state index in [9.17, 15) is 27.9 Å². The zero-order valence-corrected chi connectivity index (χ0v) is 20.7. The molecule has 1 aliphatic rings. The summed E-state index contributed by atoms with van der Waals surface area (Å²) in [4.78, 5) is 38.3. The number of carbonyl (C=O) groups excluding carboxylic acids is 3. The molecular weight excluding hydrogens is 531 g/mol. The van der Waals surface area contributed by atoms with Crippen molar-refractivity contribution in [3.63, 3.8) is 0 Å². The lowest BCUT2D eigenvalue weighted by Gasteiger charge is -2.26. The predicted octanol–water partition coefficient (Wildman–Crippen LogP) is 4.44. The molecule has 4 rings (SSSR count). The van der Waals surface area contributed by atoms with Crippen LogP contribution >= 0.6 is 23.2 Å². The summed E-state index contributed by atoms with van der Waals surface area (Å²) in [6.45, 7) is 1.80. The minimum absolute atomic E-state index is 0.0774. The molecule has 1 heterocycles. The molecule has 0 spiro atoms. The van der Waals surface area contributed by atoms with E-state index in [0.29, 0.717) is 0 Å². The van der Waals surface area contributed by atoms with Crippen LogP contribution in [0.4, 0.5) is 10.5 Å². The van der Waals surface area contributed by atoms with Crippen molar-refractivity contribution in [1.29, 1.82) is 0 Å². The minimum Gasteiger partial charge on any atom is -0.508 e. The van der Waals surface area contributed by atoms with E-state index in [4.69, 9.17) is 27.4 Å². The standard InChI is InChI=1S/C24H16Cl2N2O7S/c1-13-2-8-17(9-3-13)36(33,34)35-21-19(25)11-14(12-20(21)26)10-18-22(30)27-24(32)28(23(18)31)15-4-6-16(29)7-5-15/h2-12,29H,1H3,(H,27,30,32)/b18-10+. The highest BCUT2D eigenvalue weighted by Gasteiger charge is 2.37. The molecule has 3 aromatic carbocycles. The fourth-order valence-corrected chi connectivity index (χ4v) is 4.90. The van der Waals surface area contributed by atoms with Crippen LogP contribution in [0.1, 0.15) is 11.1 Å². The first-order valence-electron chi connectivity index (χ1n) is 10.2. The second-order valence-electron chi connectivity index (χ2n) is 7.64. The molecule has 2 N–H and O–H groups in total. The molecule has 0 unspecified atom stereocenters. The van der Waals surface area contributed by atoms with Crippen LogP contribution in [0.3, 0.4) is 0 Å². The molecule has 0 saturated carbocycles. The molecule has 0 aliphatic carbocycles. The van der Waals surface area contributed by atoms with E-state index in [2.05, 4.69) is 5.32 Å². The van der Waals surface area contributed by atoms with E-state index in [1.807, 2.05) is 0 Å². The van der Waals surface area contributed by atoms with Crippen molar-refractivity contribution in [2.24, 2.45) is 0 Å². The number of carbonyl (C=O) groups is 3. The van der Waals surface area contributed by atoms with Gasteiger partial charge in [-0.15, -0.1) is 0 Å². The van der Waals surface area contributed by atoms with Gasteiger partial charge in [0.15, 0.2) is 5.75 Å². The summed E-state index contributed by atoms with van der Waals surface area (Å²) in [5, 5.41) is 11.1. The number of aryl methyl sites for hydroxylation is 1. The number of rotatable bonds is 5. The Morgan fingerprint density at radius 1 is 0.944 bits per heavy atom. The maximum atomic E-state index is 13.0. The SMILES string of the molecule is Cc1ccc(S(=O)(=O)Oc2c(Cl)cc(/C=C3\C(=O)NC(=O)N(c4ccc(O)cc4)C3=O)cc2Cl)cc1. The largest absolute Gasteiger partial charge is 0.508 e. The highest BCUT2D eigenvalue weighted by atomic mass is 35.5. The monoisotopic (exact) mass is 546 g/mol. The topological polar surface area (TPSA) is 130 Å². The lowest BCUT2D eigenvalue weighted by molar-refractivity contribution is -0.122. The fraction of sp³-hybridized carbons (Fsp3) is 0.0417. The second kappa shape index (κ2) is 9.65. The molecule has 1 aliphatic heterocycles. The van der Waals surface area contributed by atoms with E-state index >= 15 is 0 Å². The third-order valence-corrected chi connectivity index (χ3v) is 6.84. The van der Waals surface area contributed by atoms with Crippen LogP contribution in [0.25, 0.3) is 6.08 Å². The van der Waals surface area contributed by atoms with Gasteiger partial charge in [-0.1, -0.05) is 40.9 Å². The molecule has 0 aromatic heterocycles. The summed E-state index contributed by atoms with van der Waals surface area (Å²) in [7, 11) is -4.24. The Labute approximate surface area is 215 Å². The van der Waals surface area contributed by atoms with Gasteiger partial charge in [0.25, 0.3) is 11.8 Å². The van der Waals surface area contributed by atoms with Crippen molar-refractivity contribution in [3.8, 4) is 11.5 Å². The summed E-state index contributed by atoms with van der Waals surface area (Å²) in [5.74, 6) is -2.29. The van der Waals surface area contributed by atoms with Crippen molar-refractivity contribution in [3.05, 3.63) is 87.4 Å². The summed E-state index contributed by atoms with van der Waals surface area (Å²) < 4.78 is 30.4. The van der Waals surface area contributed by atoms with Crippen LogP contribution in [0.5, 0.6) is 11.5 Å². The van der Waals surface area contributed by atoms with Crippen LogP contribution < -0.4 is 14.4 Å². The number of halogens is 2. The zero-order chi connectivity index (χ0) is 26.2. The lowest BCUT2D eigenvalue weighted by Crippen LogP contribution is -2.54. The predicted molar refractivity (Wildman–Crippen MR) is 133 cm³/mol. The van der Waals surface area contributed by atoms with Crippen molar-refractivity contribution in [2.45, 2.75) is 11.8 Å². The van der Waals surface area contributed by atoms with Crippen molar-refractivity contribution in [1.82, 2.24) is 5.32 Å². The number of hydrogen-bond acceptors (Lipinski definition) is 7. The lowest BCUT2D eigenvalue weighted by atomic mass is 10.1. The first-order chi connectivity index (χ1) is 17.0. The first-order valence-corrected chi connectivity index (χ1v) is 12.3. The van der Waals surface area contributed by atoms with E-state index in [1.165, 1.54) is 48.5 Å². The van der Waals surface area contributed by atoms with Crippen molar-refractivity contribution in [2.75, 3.05) is 4.90 Å². The smallest absolute Gasteiger partial charge is 0.339 e. The number of benzene rings is 3. The highest BCUT2D eigenvalue weighted by molar-refractivity contribution is 7.87. The third-order valence-electron chi connectivity index (χ3n) is 5.04. The molecule has 1 saturated heterocycles. The average Bonchev–Trinajstić information content (AvgIpc) is 2.80. The number of nitrogens with zero attached hydrogens (tertiary/aromatic N) is 1.